The van der Waals surface area contributed by atoms with Gasteiger partial charge in [-0.25, -0.2) is 4.79 Å². The molecule has 5 aromatic rings. The topological polar surface area (TPSA) is 106 Å². The van der Waals surface area contributed by atoms with Crippen molar-refractivity contribution in [1.82, 2.24) is 24.8 Å². The monoisotopic (exact) mass is 629 g/mol. The molecule has 0 bridgehead atoms. The zero-order valence-corrected chi connectivity index (χ0v) is 27.4. The summed E-state index contributed by atoms with van der Waals surface area (Å²) in [7, 11) is 0. The van der Waals surface area contributed by atoms with Gasteiger partial charge in [-0.15, -0.1) is 10.2 Å². The van der Waals surface area contributed by atoms with E-state index in [4.69, 9.17) is 4.74 Å². The van der Waals surface area contributed by atoms with E-state index in [-0.39, 0.29) is 18.5 Å². The largest absolute Gasteiger partial charge is 0.444 e. The first-order valence-corrected chi connectivity index (χ1v) is 15.9. The Balaban J connectivity index is 1.29. The summed E-state index contributed by atoms with van der Waals surface area (Å²) in [5.41, 5.74) is 9.53. The maximum Gasteiger partial charge on any atom is 0.410 e. The van der Waals surface area contributed by atoms with Gasteiger partial charge in [-0.3, -0.25) is 18.9 Å². The number of carbonyl (C=O) groups is 3. The Kier molecular flexibility index (Phi) is 8.64. The lowest BCUT2D eigenvalue weighted by Gasteiger charge is -2.28. The van der Waals surface area contributed by atoms with Crippen molar-refractivity contribution in [1.29, 1.82) is 0 Å². The van der Waals surface area contributed by atoms with Crippen LogP contribution in [0.2, 0.25) is 0 Å². The van der Waals surface area contributed by atoms with Crippen LogP contribution in [0.1, 0.15) is 60.9 Å². The van der Waals surface area contributed by atoms with Crippen molar-refractivity contribution < 1.29 is 19.1 Å². The van der Waals surface area contributed by atoms with E-state index in [1.54, 1.807) is 4.90 Å². The van der Waals surface area contributed by atoms with Crippen LogP contribution in [0.5, 0.6) is 0 Å². The van der Waals surface area contributed by atoms with Gasteiger partial charge in [0.1, 0.15) is 11.9 Å². The Morgan fingerprint density at radius 1 is 0.936 bits per heavy atom. The average molecular weight is 630 g/mol. The fraction of sp³-hybridized carbons (Fsp3) is 0.289. The van der Waals surface area contributed by atoms with E-state index >= 15 is 0 Å². The summed E-state index contributed by atoms with van der Waals surface area (Å²) in [6.07, 6.45) is 3.45. The first kappa shape index (κ1) is 31.7. The van der Waals surface area contributed by atoms with Crippen LogP contribution in [0.4, 0.5) is 4.79 Å². The normalized spacial score (nSPS) is 14.7. The van der Waals surface area contributed by atoms with Crippen molar-refractivity contribution in [2.45, 2.75) is 65.6 Å². The van der Waals surface area contributed by atoms with Crippen LogP contribution in [0.3, 0.4) is 0 Å². The maximum atomic E-state index is 13.2. The number of aromatic nitrogens is 3. The highest BCUT2D eigenvalue weighted by Crippen LogP contribution is 2.37. The van der Waals surface area contributed by atoms with E-state index in [1.807, 2.05) is 67.8 Å². The summed E-state index contributed by atoms with van der Waals surface area (Å²) >= 11 is 0. The lowest BCUT2D eigenvalue weighted by Crippen LogP contribution is -2.44. The zero-order chi connectivity index (χ0) is 33.3. The van der Waals surface area contributed by atoms with Crippen LogP contribution in [0, 0.1) is 13.8 Å². The van der Waals surface area contributed by atoms with Crippen molar-refractivity contribution in [2.24, 2.45) is 0 Å². The second kappa shape index (κ2) is 12.8. The van der Waals surface area contributed by atoms with Crippen molar-refractivity contribution in [3.8, 4) is 33.4 Å². The number of hydrogen-bond acceptors (Lipinski definition) is 6. The zero-order valence-electron chi connectivity index (χ0n) is 27.4. The molecule has 0 spiro atoms. The van der Waals surface area contributed by atoms with Gasteiger partial charge >= 0.3 is 6.09 Å². The van der Waals surface area contributed by atoms with E-state index in [2.05, 4.69) is 65.8 Å². The quantitative estimate of drug-likeness (QED) is 0.182. The number of benzene rings is 3. The summed E-state index contributed by atoms with van der Waals surface area (Å²) in [4.78, 5) is 37.8. The van der Waals surface area contributed by atoms with Crippen molar-refractivity contribution in [3.05, 3.63) is 102 Å². The fourth-order valence-corrected chi connectivity index (χ4v) is 6.22. The van der Waals surface area contributed by atoms with E-state index in [0.717, 1.165) is 50.8 Å². The molecule has 240 valence electrons. The molecule has 3 aromatic carbocycles. The standard InChI is InChI=1S/C38H39N5O4/c1-24-30(27-14-12-26(23-44)13-15-27)8-6-10-32(24)33-11-7-9-31(25(33)2)28-18-19-43-34(20-28)40-41-35(43)22-42(37(46)47-38(3,4)5)21-29-16-17-36(45)39-29/h6-15,18-20,23,29H,16-17,21-22H2,1-5H3,(H,39,45)/t29-/m0/s1. The molecule has 6 rings (SSSR count). The Labute approximate surface area is 274 Å². The van der Waals surface area contributed by atoms with Gasteiger partial charge in [0.15, 0.2) is 11.5 Å². The SMILES string of the molecule is Cc1c(-c2ccc(C=O)cc2)cccc1-c1cccc(-c2ccn3c(CN(C[C@@H]4CCC(=O)N4)C(=O)OC(C)(C)C)nnc3c2)c1C. The van der Waals surface area contributed by atoms with Crippen LogP contribution in [0.15, 0.2) is 79.0 Å². The molecule has 0 unspecified atom stereocenters. The van der Waals surface area contributed by atoms with E-state index in [1.165, 1.54) is 0 Å². The molecule has 9 heteroatoms. The number of ether oxygens (including phenoxy) is 1. The summed E-state index contributed by atoms with van der Waals surface area (Å²) in [6.45, 7) is 10.3. The van der Waals surface area contributed by atoms with Crippen molar-refractivity contribution in [2.75, 3.05) is 6.54 Å². The number of fused-ring (bicyclic) bond motifs is 1. The number of aldehydes is 1. The highest BCUT2D eigenvalue weighted by atomic mass is 16.6. The molecule has 3 heterocycles. The van der Waals surface area contributed by atoms with Gasteiger partial charge < -0.3 is 10.1 Å². The van der Waals surface area contributed by atoms with Gasteiger partial charge in [-0.1, -0.05) is 60.7 Å². The number of carbonyl (C=O) groups excluding carboxylic acids is 3. The maximum absolute atomic E-state index is 13.2. The lowest BCUT2D eigenvalue weighted by molar-refractivity contribution is -0.119. The van der Waals surface area contributed by atoms with Crippen LogP contribution >= 0.6 is 0 Å². The molecule has 1 aliphatic heterocycles. The number of pyridine rings is 1. The van der Waals surface area contributed by atoms with Crippen LogP contribution < -0.4 is 5.32 Å². The highest BCUT2D eigenvalue weighted by Gasteiger charge is 2.29. The molecule has 0 aliphatic carbocycles. The third-order valence-electron chi connectivity index (χ3n) is 8.62. The first-order valence-electron chi connectivity index (χ1n) is 15.9. The van der Waals surface area contributed by atoms with Crippen LogP contribution in [-0.2, 0) is 16.1 Å². The molecule has 1 fully saturated rings. The molecule has 2 amide bonds. The highest BCUT2D eigenvalue weighted by molar-refractivity contribution is 5.85. The Morgan fingerprint density at radius 2 is 1.57 bits per heavy atom. The number of amides is 2. The number of hydrogen-bond donors (Lipinski definition) is 1. The van der Waals surface area contributed by atoms with Crippen LogP contribution in [0.25, 0.3) is 39.0 Å². The summed E-state index contributed by atoms with van der Waals surface area (Å²) in [6, 6.07) is 24.2. The molecule has 1 atom stereocenters. The third kappa shape index (κ3) is 6.79. The van der Waals surface area contributed by atoms with Crippen LogP contribution in [-0.4, -0.2) is 56.0 Å². The minimum Gasteiger partial charge on any atom is -0.444 e. The van der Waals surface area contributed by atoms with E-state index < -0.39 is 11.7 Å². The lowest BCUT2D eigenvalue weighted by atomic mass is 9.88. The second-order valence-corrected chi connectivity index (χ2v) is 13.1. The van der Waals surface area contributed by atoms with Crippen molar-refractivity contribution in [3.63, 3.8) is 0 Å². The van der Waals surface area contributed by atoms with Gasteiger partial charge in [-0.2, -0.15) is 0 Å². The van der Waals surface area contributed by atoms with Gasteiger partial charge in [0.05, 0.1) is 6.54 Å². The molecule has 9 nitrogen and oxygen atoms in total. The van der Waals surface area contributed by atoms with Gasteiger partial charge in [0, 0.05) is 30.8 Å². The molecule has 0 saturated carbocycles. The average Bonchev–Trinajstić information content (AvgIpc) is 3.65. The predicted octanol–water partition coefficient (Wildman–Crippen LogP) is 7.18. The molecule has 47 heavy (non-hydrogen) atoms. The molecule has 2 aromatic heterocycles. The minimum absolute atomic E-state index is 0.00722. The van der Waals surface area contributed by atoms with Gasteiger partial charge in [-0.05, 0) is 97.7 Å². The number of nitrogens with zero attached hydrogens (tertiary/aromatic N) is 4. The Hall–Kier alpha value is -5.31. The first-order chi connectivity index (χ1) is 22.5. The summed E-state index contributed by atoms with van der Waals surface area (Å²) in [5.74, 6) is 0.591. The van der Waals surface area contributed by atoms with E-state index in [9.17, 15) is 14.4 Å². The summed E-state index contributed by atoms with van der Waals surface area (Å²) in [5, 5.41) is 11.8. The van der Waals surface area contributed by atoms with Gasteiger partial charge in [0.2, 0.25) is 5.91 Å². The molecule has 1 N–H and O–H groups in total. The third-order valence-corrected chi connectivity index (χ3v) is 8.62. The van der Waals surface area contributed by atoms with Crippen molar-refractivity contribution >= 4 is 23.9 Å². The van der Waals surface area contributed by atoms with Gasteiger partial charge in [0.25, 0.3) is 0 Å². The fourth-order valence-electron chi connectivity index (χ4n) is 6.22. The molecule has 1 aliphatic rings. The number of rotatable bonds is 8. The number of nitrogens with one attached hydrogen (secondary N) is 1. The molecule has 0 radical (unpaired) electrons. The molecular formula is C38H39N5O4. The Morgan fingerprint density at radius 3 is 2.17 bits per heavy atom. The second-order valence-electron chi connectivity index (χ2n) is 13.1. The Bertz CT molecular complexity index is 1970. The molecular weight excluding hydrogens is 590 g/mol. The summed E-state index contributed by atoms with van der Waals surface area (Å²) < 4.78 is 7.58. The predicted molar refractivity (Wildman–Crippen MR) is 182 cm³/mol. The smallest absolute Gasteiger partial charge is 0.410 e. The minimum atomic E-state index is -0.662. The molecule has 1 saturated heterocycles. The van der Waals surface area contributed by atoms with E-state index in [0.29, 0.717) is 36.4 Å².